The zero-order chi connectivity index (χ0) is 20.8. The standard InChI is InChI=1S/C23H25N3O3/c1-4-29-20-9-7-18(8-10-20)21-14-22(27)26(15-25-21)12-11-24-23(28)19-6-5-16(2)17(3)13-19/h5-10,13-15H,4,11-12H2,1-3H3,(H,24,28). The molecule has 150 valence electrons. The van der Waals surface area contributed by atoms with Crippen molar-refractivity contribution in [3.05, 3.63) is 81.9 Å². The van der Waals surface area contributed by atoms with Crippen LogP contribution < -0.4 is 15.6 Å². The number of carbonyl (C=O) groups excluding carboxylic acids is 1. The number of rotatable bonds is 7. The van der Waals surface area contributed by atoms with Crippen LogP contribution in [0.2, 0.25) is 0 Å². The molecule has 0 bridgehead atoms. The van der Waals surface area contributed by atoms with E-state index in [1.807, 2.05) is 57.2 Å². The van der Waals surface area contributed by atoms with Gasteiger partial charge in [-0.25, -0.2) is 4.98 Å². The molecule has 1 N–H and O–H groups in total. The molecule has 0 aliphatic carbocycles. The molecular weight excluding hydrogens is 366 g/mol. The summed E-state index contributed by atoms with van der Waals surface area (Å²) in [7, 11) is 0. The third kappa shape index (κ3) is 5.10. The van der Waals surface area contributed by atoms with Crippen LogP contribution in [0.1, 0.15) is 28.4 Å². The Morgan fingerprint density at radius 1 is 1.07 bits per heavy atom. The quantitative estimate of drug-likeness (QED) is 0.670. The number of aromatic nitrogens is 2. The highest BCUT2D eigenvalue weighted by Gasteiger charge is 2.07. The second-order valence-corrected chi connectivity index (χ2v) is 6.82. The third-order valence-corrected chi connectivity index (χ3v) is 4.75. The molecule has 0 saturated heterocycles. The molecular formula is C23H25N3O3. The molecule has 6 nitrogen and oxygen atoms in total. The van der Waals surface area contributed by atoms with Crippen molar-refractivity contribution < 1.29 is 9.53 Å². The van der Waals surface area contributed by atoms with Gasteiger partial charge in [0.2, 0.25) is 0 Å². The fourth-order valence-corrected chi connectivity index (χ4v) is 2.91. The van der Waals surface area contributed by atoms with Gasteiger partial charge in [0.15, 0.2) is 0 Å². The molecule has 0 saturated carbocycles. The summed E-state index contributed by atoms with van der Waals surface area (Å²) in [5.41, 5.74) is 4.12. The smallest absolute Gasteiger partial charge is 0.253 e. The van der Waals surface area contributed by atoms with E-state index in [1.165, 1.54) is 17.0 Å². The minimum atomic E-state index is -0.163. The van der Waals surface area contributed by atoms with Crippen molar-refractivity contribution in [1.82, 2.24) is 14.9 Å². The summed E-state index contributed by atoms with van der Waals surface area (Å²) < 4.78 is 6.91. The Morgan fingerprint density at radius 2 is 1.83 bits per heavy atom. The fourth-order valence-electron chi connectivity index (χ4n) is 2.91. The van der Waals surface area contributed by atoms with Crippen molar-refractivity contribution >= 4 is 5.91 Å². The summed E-state index contributed by atoms with van der Waals surface area (Å²) >= 11 is 0. The number of nitrogens with zero attached hydrogens (tertiary/aromatic N) is 2. The largest absolute Gasteiger partial charge is 0.494 e. The van der Waals surface area contributed by atoms with E-state index in [2.05, 4.69) is 10.3 Å². The zero-order valence-corrected chi connectivity index (χ0v) is 16.9. The number of aryl methyl sites for hydroxylation is 2. The SMILES string of the molecule is CCOc1ccc(-c2cc(=O)n(CCNC(=O)c3ccc(C)c(C)c3)cn2)cc1. The lowest BCUT2D eigenvalue weighted by Gasteiger charge is -2.09. The molecule has 2 aromatic carbocycles. The van der Waals surface area contributed by atoms with Gasteiger partial charge in [-0.1, -0.05) is 6.07 Å². The van der Waals surface area contributed by atoms with Gasteiger partial charge in [0.05, 0.1) is 18.6 Å². The lowest BCUT2D eigenvalue weighted by atomic mass is 10.1. The molecule has 3 rings (SSSR count). The molecule has 0 aliphatic heterocycles. The number of hydrogen-bond acceptors (Lipinski definition) is 4. The van der Waals surface area contributed by atoms with Crippen molar-refractivity contribution in [2.45, 2.75) is 27.3 Å². The van der Waals surface area contributed by atoms with E-state index < -0.39 is 0 Å². The number of nitrogens with one attached hydrogen (secondary N) is 1. The van der Waals surface area contributed by atoms with Crippen molar-refractivity contribution in [1.29, 1.82) is 0 Å². The number of carbonyl (C=O) groups is 1. The van der Waals surface area contributed by atoms with Crippen LogP contribution in [-0.2, 0) is 6.54 Å². The van der Waals surface area contributed by atoms with E-state index in [0.717, 1.165) is 22.4 Å². The molecule has 0 radical (unpaired) electrons. The maximum Gasteiger partial charge on any atom is 0.253 e. The van der Waals surface area contributed by atoms with Gasteiger partial charge in [0.25, 0.3) is 11.5 Å². The summed E-state index contributed by atoms with van der Waals surface area (Å²) in [6, 6.07) is 14.6. The second kappa shape index (κ2) is 9.19. The summed E-state index contributed by atoms with van der Waals surface area (Å²) in [5, 5.41) is 2.85. The number of benzene rings is 2. The topological polar surface area (TPSA) is 73.2 Å². The lowest BCUT2D eigenvalue weighted by Crippen LogP contribution is -2.30. The van der Waals surface area contributed by atoms with Gasteiger partial charge in [-0.3, -0.25) is 14.2 Å². The highest BCUT2D eigenvalue weighted by atomic mass is 16.5. The Kier molecular flexibility index (Phi) is 6.44. The molecule has 0 aliphatic rings. The average Bonchev–Trinajstić information content (AvgIpc) is 2.72. The molecule has 1 aromatic heterocycles. The highest BCUT2D eigenvalue weighted by molar-refractivity contribution is 5.94. The summed E-state index contributed by atoms with van der Waals surface area (Å²) in [6.07, 6.45) is 1.51. The van der Waals surface area contributed by atoms with Gasteiger partial charge in [0.1, 0.15) is 5.75 Å². The Labute approximate surface area is 170 Å². The van der Waals surface area contributed by atoms with E-state index in [4.69, 9.17) is 4.74 Å². The second-order valence-electron chi connectivity index (χ2n) is 6.82. The van der Waals surface area contributed by atoms with Gasteiger partial charge in [0, 0.05) is 30.3 Å². The maximum atomic E-state index is 12.4. The summed E-state index contributed by atoms with van der Waals surface area (Å²) in [4.78, 5) is 29.0. The summed E-state index contributed by atoms with van der Waals surface area (Å²) in [5.74, 6) is 0.629. The molecule has 6 heteroatoms. The normalized spacial score (nSPS) is 10.6. The van der Waals surface area contributed by atoms with Crippen LogP contribution in [0.15, 0.2) is 59.7 Å². The average molecular weight is 391 g/mol. The van der Waals surface area contributed by atoms with Crippen molar-refractivity contribution in [3.63, 3.8) is 0 Å². The van der Waals surface area contributed by atoms with E-state index in [0.29, 0.717) is 31.0 Å². The van der Waals surface area contributed by atoms with Crippen LogP contribution >= 0.6 is 0 Å². The Hall–Kier alpha value is -3.41. The monoisotopic (exact) mass is 391 g/mol. The fraction of sp³-hybridized carbons (Fsp3) is 0.261. The van der Waals surface area contributed by atoms with Crippen molar-refractivity contribution in [2.24, 2.45) is 0 Å². The van der Waals surface area contributed by atoms with E-state index in [9.17, 15) is 9.59 Å². The highest BCUT2D eigenvalue weighted by Crippen LogP contribution is 2.19. The van der Waals surface area contributed by atoms with Crippen LogP contribution in [-0.4, -0.2) is 28.6 Å². The lowest BCUT2D eigenvalue weighted by molar-refractivity contribution is 0.0952. The first-order chi connectivity index (χ1) is 14.0. The minimum Gasteiger partial charge on any atom is -0.494 e. The molecule has 1 heterocycles. The number of ether oxygens (including phenoxy) is 1. The minimum absolute atomic E-state index is 0.153. The summed E-state index contributed by atoms with van der Waals surface area (Å²) in [6.45, 7) is 7.21. The van der Waals surface area contributed by atoms with Crippen molar-refractivity contribution in [2.75, 3.05) is 13.2 Å². The molecule has 0 atom stereocenters. The first-order valence-corrected chi connectivity index (χ1v) is 9.63. The molecule has 0 spiro atoms. The Balaban J connectivity index is 1.61. The Morgan fingerprint density at radius 3 is 2.48 bits per heavy atom. The van der Waals surface area contributed by atoms with Crippen LogP contribution in [0.5, 0.6) is 5.75 Å². The molecule has 3 aromatic rings. The molecule has 0 fully saturated rings. The van der Waals surface area contributed by atoms with E-state index in [1.54, 1.807) is 6.07 Å². The van der Waals surface area contributed by atoms with Gasteiger partial charge < -0.3 is 10.1 Å². The van der Waals surface area contributed by atoms with Crippen molar-refractivity contribution in [3.8, 4) is 17.0 Å². The van der Waals surface area contributed by atoms with Crippen LogP contribution in [0.3, 0.4) is 0 Å². The zero-order valence-electron chi connectivity index (χ0n) is 16.9. The van der Waals surface area contributed by atoms with Gasteiger partial charge in [-0.15, -0.1) is 0 Å². The van der Waals surface area contributed by atoms with Crippen LogP contribution in [0.4, 0.5) is 0 Å². The third-order valence-electron chi connectivity index (χ3n) is 4.75. The number of hydrogen-bond donors (Lipinski definition) is 1. The maximum absolute atomic E-state index is 12.4. The van der Waals surface area contributed by atoms with E-state index >= 15 is 0 Å². The van der Waals surface area contributed by atoms with Crippen LogP contribution in [0, 0.1) is 13.8 Å². The number of amides is 1. The molecule has 1 amide bonds. The van der Waals surface area contributed by atoms with Gasteiger partial charge in [-0.2, -0.15) is 0 Å². The molecule has 0 unspecified atom stereocenters. The molecule has 29 heavy (non-hydrogen) atoms. The van der Waals surface area contributed by atoms with Gasteiger partial charge in [-0.05, 0) is 68.3 Å². The van der Waals surface area contributed by atoms with Crippen LogP contribution in [0.25, 0.3) is 11.3 Å². The first kappa shape index (κ1) is 20.3. The van der Waals surface area contributed by atoms with Gasteiger partial charge >= 0.3 is 0 Å². The Bertz CT molecular complexity index is 1060. The predicted octanol–water partition coefficient (Wildman–Crippen LogP) is 3.36. The van der Waals surface area contributed by atoms with E-state index in [-0.39, 0.29) is 11.5 Å². The predicted molar refractivity (Wildman–Crippen MR) is 113 cm³/mol. The first-order valence-electron chi connectivity index (χ1n) is 9.63.